The van der Waals surface area contributed by atoms with Crippen molar-refractivity contribution < 1.29 is 17.6 Å². The molecule has 0 radical (unpaired) electrons. The van der Waals surface area contributed by atoms with Gasteiger partial charge >= 0.3 is 0 Å². The summed E-state index contributed by atoms with van der Waals surface area (Å²) in [5.74, 6) is -1.07. The predicted octanol–water partition coefficient (Wildman–Crippen LogP) is 2.13. The van der Waals surface area contributed by atoms with Crippen LogP contribution in [0.25, 0.3) is 0 Å². The molecule has 1 amide bonds. The Morgan fingerprint density at radius 3 is 2.17 bits per heavy atom. The molecule has 1 heterocycles. The summed E-state index contributed by atoms with van der Waals surface area (Å²) in [5.41, 5.74) is 6.50. The fourth-order valence-electron chi connectivity index (χ4n) is 2.82. The van der Waals surface area contributed by atoms with E-state index in [2.05, 4.69) is 0 Å². The van der Waals surface area contributed by atoms with Crippen molar-refractivity contribution in [3.63, 3.8) is 0 Å². The molecule has 0 saturated carbocycles. The van der Waals surface area contributed by atoms with Crippen LogP contribution >= 0.6 is 0 Å². The Labute approximate surface area is 139 Å². The molecule has 0 unspecified atom stereocenters. The number of rotatable bonds is 3. The summed E-state index contributed by atoms with van der Waals surface area (Å²) in [7, 11) is -3.71. The van der Waals surface area contributed by atoms with Crippen molar-refractivity contribution in [3.05, 3.63) is 76.6 Å². The van der Waals surface area contributed by atoms with Crippen LogP contribution < -0.4 is 10.6 Å². The minimum absolute atomic E-state index is 0.136. The van der Waals surface area contributed by atoms with Gasteiger partial charge in [0.15, 0.2) is 9.84 Å². The van der Waals surface area contributed by atoms with Crippen LogP contribution in [0.4, 0.5) is 10.1 Å². The van der Waals surface area contributed by atoms with Crippen LogP contribution in [0.3, 0.4) is 0 Å². The minimum atomic E-state index is -3.71. The van der Waals surface area contributed by atoms with Crippen LogP contribution in [0.2, 0.25) is 0 Å². The molecule has 1 atom stereocenters. The van der Waals surface area contributed by atoms with E-state index in [9.17, 15) is 17.6 Å². The minimum Gasteiger partial charge on any atom is -0.393 e. The Morgan fingerprint density at radius 1 is 1.04 bits per heavy atom. The molecule has 0 spiro atoms. The molecule has 24 heavy (non-hydrogen) atoms. The molecule has 2 N–H and O–H groups in total. The Bertz CT molecular complexity index is 922. The van der Waals surface area contributed by atoms with Gasteiger partial charge in [-0.2, -0.15) is 0 Å². The number of benzene rings is 2. The van der Waals surface area contributed by atoms with Crippen LogP contribution in [0.15, 0.2) is 65.2 Å². The highest BCUT2D eigenvalue weighted by molar-refractivity contribution is 7.94. The third-order valence-corrected chi connectivity index (χ3v) is 5.08. The van der Waals surface area contributed by atoms with Crippen LogP contribution in [-0.2, 0) is 14.6 Å². The molecular formula is C17H15FN2O3S. The number of hydrogen-bond donors (Lipinski definition) is 1. The summed E-state index contributed by atoms with van der Waals surface area (Å²) >= 11 is 0. The van der Waals surface area contributed by atoms with Gasteiger partial charge in [0.2, 0.25) is 0 Å². The Kier molecular flexibility index (Phi) is 3.88. The van der Waals surface area contributed by atoms with Gasteiger partial charge in [-0.05, 0) is 29.8 Å². The molecule has 0 aromatic heterocycles. The Morgan fingerprint density at radius 2 is 1.62 bits per heavy atom. The molecule has 0 fully saturated rings. The third kappa shape index (κ3) is 2.67. The van der Waals surface area contributed by atoms with Gasteiger partial charge in [0.25, 0.3) is 5.91 Å². The maximum absolute atomic E-state index is 13.2. The lowest BCUT2D eigenvalue weighted by atomic mass is 10.1. The monoisotopic (exact) mass is 346 g/mol. The van der Waals surface area contributed by atoms with Gasteiger partial charge in [0.1, 0.15) is 22.5 Å². The molecule has 0 saturated heterocycles. The number of nitrogens with two attached hydrogens (primary N) is 1. The maximum atomic E-state index is 13.2. The average Bonchev–Trinajstić information content (AvgIpc) is 2.81. The van der Waals surface area contributed by atoms with E-state index < -0.39 is 27.6 Å². The fraction of sp³-hybridized carbons (Fsp3) is 0.118. The zero-order valence-corrected chi connectivity index (χ0v) is 13.6. The van der Waals surface area contributed by atoms with Gasteiger partial charge in [-0.3, -0.25) is 9.69 Å². The lowest BCUT2D eigenvalue weighted by Gasteiger charge is -2.27. The molecule has 0 bridgehead atoms. The molecule has 5 nitrogen and oxygen atoms in total. The van der Waals surface area contributed by atoms with E-state index >= 15 is 0 Å². The second kappa shape index (κ2) is 5.76. The Balaban J connectivity index is 2.22. The number of amides is 1. The van der Waals surface area contributed by atoms with Crippen LogP contribution in [0.5, 0.6) is 0 Å². The first-order valence-corrected chi connectivity index (χ1v) is 9.03. The van der Waals surface area contributed by atoms with Gasteiger partial charge in [-0.1, -0.05) is 30.3 Å². The van der Waals surface area contributed by atoms with Gasteiger partial charge < -0.3 is 5.73 Å². The standard InChI is InChI=1S/C17H15FN2O3S/c1-24(22,23)16-14(19)17(21)20(13-9-7-12(18)8-10-13)15(16)11-5-3-2-4-6-11/h2-10,15H,19H2,1H3/t15-/m0/s1. The van der Waals surface area contributed by atoms with Crippen molar-refractivity contribution >= 4 is 21.4 Å². The van der Waals surface area contributed by atoms with Gasteiger partial charge in [0.05, 0.1) is 0 Å². The number of sulfone groups is 1. The van der Waals surface area contributed by atoms with Crippen LogP contribution in [0.1, 0.15) is 11.6 Å². The van der Waals surface area contributed by atoms with Crippen molar-refractivity contribution in [2.24, 2.45) is 5.73 Å². The smallest absolute Gasteiger partial charge is 0.276 e. The predicted molar refractivity (Wildman–Crippen MR) is 89.1 cm³/mol. The average molecular weight is 346 g/mol. The first kappa shape index (κ1) is 16.2. The number of halogens is 1. The molecule has 2 aromatic carbocycles. The molecule has 0 aliphatic carbocycles. The molecule has 7 heteroatoms. The van der Waals surface area contributed by atoms with Crippen molar-refractivity contribution in [2.75, 3.05) is 11.2 Å². The van der Waals surface area contributed by atoms with Crippen LogP contribution in [-0.4, -0.2) is 20.6 Å². The van der Waals surface area contributed by atoms with Crippen LogP contribution in [0, 0.1) is 5.82 Å². The van der Waals surface area contributed by atoms with Crippen molar-refractivity contribution in [1.29, 1.82) is 0 Å². The van der Waals surface area contributed by atoms with E-state index in [4.69, 9.17) is 5.73 Å². The summed E-state index contributed by atoms with van der Waals surface area (Å²) < 4.78 is 37.7. The van der Waals surface area contributed by atoms with Gasteiger partial charge in [-0.25, -0.2) is 12.8 Å². The number of nitrogens with zero attached hydrogens (tertiary/aromatic N) is 1. The lowest BCUT2D eigenvalue weighted by molar-refractivity contribution is -0.114. The maximum Gasteiger partial charge on any atom is 0.276 e. The second-order valence-electron chi connectivity index (χ2n) is 5.51. The Hall–Kier alpha value is -2.67. The second-order valence-corrected chi connectivity index (χ2v) is 7.50. The highest BCUT2D eigenvalue weighted by Gasteiger charge is 2.44. The van der Waals surface area contributed by atoms with E-state index in [0.29, 0.717) is 11.3 Å². The number of anilines is 1. The van der Waals surface area contributed by atoms with Crippen molar-refractivity contribution in [3.8, 4) is 0 Å². The van der Waals surface area contributed by atoms with Gasteiger partial charge in [0, 0.05) is 11.9 Å². The zero-order valence-electron chi connectivity index (χ0n) is 12.8. The summed E-state index contributed by atoms with van der Waals surface area (Å²) in [6.07, 6.45) is 1.02. The third-order valence-electron chi connectivity index (χ3n) is 3.84. The summed E-state index contributed by atoms with van der Waals surface area (Å²) in [4.78, 5) is 13.8. The SMILES string of the molecule is CS(=O)(=O)C1=C(N)C(=O)N(c2ccc(F)cc2)[C@H]1c1ccccc1. The number of carbonyl (C=O) groups excluding carboxylic acids is 1. The summed E-state index contributed by atoms with van der Waals surface area (Å²) in [6, 6.07) is 13.1. The quantitative estimate of drug-likeness (QED) is 0.923. The number of carbonyl (C=O) groups is 1. The first-order valence-electron chi connectivity index (χ1n) is 7.14. The first-order chi connectivity index (χ1) is 11.3. The topological polar surface area (TPSA) is 80.5 Å². The molecule has 3 rings (SSSR count). The summed E-state index contributed by atoms with van der Waals surface area (Å²) in [5, 5.41) is 0. The molecule has 1 aliphatic rings. The normalized spacial score (nSPS) is 18.3. The lowest BCUT2D eigenvalue weighted by Crippen LogP contribution is -2.31. The molecule has 1 aliphatic heterocycles. The van der Waals surface area contributed by atoms with E-state index in [-0.39, 0.29) is 10.6 Å². The molecule has 2 aromatic rings. The van der Waals surface area contributed by atoms with E-state index in [1.165, 1.54) is 29.2 Å². The van der Waals surface area contributed by atoms with Crippen molar-refractivity contribution in [1.82, 2.24) is 0 Å². The van der Waals surface area contributed by atoms with E-state index in [1.54, 1.807) is 30.3 Å². The van der Waals surface area contributed by atoms with E-state index in [0.717, 1.165) is 6.26 Å². The zero-order chi connectivity index (χ0) is 17.5. The molecular weight excluding hydrogens is 331 g/mol. The highest BCUT2D eigenvalue weighted by Crippen LogP contribution is 2.41. The largest absolute Gasteiger partial charge is 0.393 e. The molecule has 124 valence electrons. The van der Waals surface area contributed by atoms with E-state index in [1.807, 2.05) is 0 Å². The number of hydrogen-bond acceptors (Lipinski definition) is 4. The summed E-state index contributed by atoms with van der Waals surface area (Å²) in [6.45, 7) is 0. The van der Waals surface area contributed by atoms with Gasteiger partial charge in [-0.15, -0.1) is 0 Å². The van der Waals surface area contributed by atoms with Crippen molar-refractivity contribution in [2.45, 2.75) is 6.04 Å². The highest BCUT2D eigenvalue weighted by atomic mass is 32.2. The fourth-order valence-corrected chi connectivity index (χ4v) is 3.96.